The van der Waals surface area contributed by atoms with E-state index in [4.69, 9.17) is 5.73 Å². The predicted octanol–water partition coefficient (Wildman–Crippen LogP) is 2.09. The lowest BCUT2D eigenvalue weighted by molar-refractivity contribution is 0.216. The second-order valence-corrected chi connectivity index (χ2v) is 5.16. The van der Waals surface area contributed by atoms with Gasteiger partial charge in [-0.25, -0.2) is 0 Å². The molecule has 1 aliphatic rings. The Morgan fingerprint density at radius 2 is 2.00 bits per heavy atom. The minimum atomic E-state index is 0.655. The molecule has 0 aromatic heterocycles. The number of nitrogens with zero attached hydrogens (tertiary/aromatic N) is 1. The van der Waals surface area contributed by atoms with E-state index >= 15 is 0 Å². The van der Waals surface area contributed by atoms with Crippen LogP contribution in [0.5, 0.6) is 0 Å². The van der Waals surface area contributed by atoms with Crippen molar-refractivity contribution in [3.8, 4) is 0 Å². The molecule has 0 aromatic rings. The van der Waals surface area contributed by atoms with Crippen LogP contribution < -0.4 is 5.73 Å². The lowest BCUT2D eigenvalue weighted by Gasteiger charge is -2.27. The smallest absolute Gasteiger partial charge is 0.0243 e. The molecule has 0 radical (unpaired) electrons. The molecule has 2 heteroatoms. The molecule has 0 aliphatic heterocycles. The monoisotopic (exact) mass is 198 g/mol. The SMILES string of the molecule is CC(C)CCCN(C)C(CN)C1CC1. The number of rotatable bonds is 7. The highest BCUT2D eigenvalue weighted by molar-refractivity contribution is 4.87. The van der Waals surface area contributed by atoms with Crippen LogP contribution in [0.2, 0.25) is 0 Å². The van der Waals surface area contributed by atoms with Crippen LogP contribution in [-0.4, -0.2) is 31.1 Å². The quantitative estimate of drug-likeness (QED) is 0.679. The summed E-state index contributed by atoms with van der Waals surface area (Å²) in [6.07, 6.45) is 5.45. The largest absolute Gasteiger partial charge is 0.329 e. The van der Waals surface area contributed by atoms with Gasteiger partial charge in [-0.2, -0.15) is 0 Å². The summed E-state index contributed by atoms with van der Waals surface area (Å²) in [6.45, 7) is 6.64. The minimum Gasteiger partial charge on any atom is -0.329 e. The van der Waals surface area contributed by atoms with Crippen molar-refractivity contribution in [1.29, 1.82) is 0 Å². The Bertz CT molecular complexity index is 152. The number of hydrogen-bond acceptors (Lipinski definition) is 2. The zero-order valence-corrected chi connectivity index (χ0v) is 10.00. The third-order valence-corrected chi connectivity index (χ3v) is 3.27. The van der Waals surface area contributed by atoms with Crippen LogP contribution in [0.3, 0.4) is 0 Å². The maximum atomic E-state index is 5.80. The molecule has 1 atom stereocenters. The first-order chi connectivity index (χ1) is 6.65. The van der Waals surface area contributed by atoms with Crippen molar-refractivity contribution in [2.75, 3.05) is 20.1 Å². The van der Waals surface area contributed by atoms with Crippen LogP contribution in [0.1, 0.15) is 39.5 Å². The molecule has 0 heterocycles. The molecule has 0 amide bonds. The second kappa shape index (κ2) is 5.72. The summed E-state index contributed by atoms with van der Waals surface area (Å²) in [7, 11) is 2.23. The molecule has 1 saturated carbocycles. The zero-order chi connectivity index (χ0) is 10.6. The summed E-state index contributed by atoms with van der Waals surface area (Å²) in [6, 6.07) is 0.655. The van der Waals surface area contributed by atoms with E-state index in [0.717, 1.165) is 18.4 Å². The fraction of sp³-hybridized carbons (Fsp3) is 1.00. The molecule has 1 unspecified atom stereocenters. The average Bonchev–Trinajstić information content (AvgIpc) is 2.89. The molecule has 0 spiro atoms. The Labute approximate surface area is 88.8 Å². The zero-order valence-electron chi connectivity index (χ0n) is 10.00. The molecule has 84 valence electrons. The predicted molar refractivity (Wildman–Crippen MR) is 62.3 cm³/mol. The van der Waals surface area contributed by atoms with Crippen LogP contribution in [0, 0.1) is 11.8 Å². The lowest BCUT2D eigenvalue weighted by atomic mass is 10.1. The molecule has 14 heavy (non-hydrogen) atoms. The van der Waals surface area contributed by atoms with E-state index in [9.17, 15) is 0 Å². The van der Waals surface area contributed by atoms with Gasteiger partial charge in [0.25, 0.3) is 0 Å². The van der Waals surface area contributed by atoms with Crippen molar-refractivity contribution in [2.45, 2.75) is 45.6 Å². The molecule has 1 aliphatic carbocycles. The highest BCUT2D eigenvalue weighted by atomic mass is 15.1. The van der Waals surface area contributed by atoms with Crippen molar-refractivity contribution < 1.29 is 0 Å². The van der Waals surface area contributed by atoms with Crippen molar-refractivity contribution in [3.63, 3.8) is 0 Å². The molecule has 0 bridgehead atoms. The standard InChI is InChI=1S/C12H26N2/c1-10(2)5-4-8-14(3)12(9-13)11-6-7-11/h10-12H,4-9,13H2,1-3H3. The Balaban J connectivity index is 2.15. The van der Waals surface area contributed by atoms with Gasteiger partial charge in [0.2, 0.25) is 0 Å². The molecule has 0 aromatic carbocycles. The number of likely N-dealkylation sites (N-methyl/N-ethyl adjacent to an activating group) is 1. The van der Waals surface area contributed by atoms with Crippen molar-refractivity contribution in [1.82, 2.24) is 4.90 Å². The normalized spacial score (nSPS) is 19.3. The molecule has 1 rings (SSSR count). The number of nitrogens with two attached hydrogens (primary N) is 1. The van der Waals surface area contributed by atoms with Gasteiger partial charge in [0, 0.05) is 12.6 Å². The van der Waals surface area contributed by atoms with E-state index in [1.165, 1.54) is 32.2 Å². The van der Waals surface area contributed by atoms with Gasteiger partial charge >= 0.3 is 0 Å². The van der Waals surface area contributed by atoms with Crippen LogP contribution in [0.15, 0.2) is 0 Å². The van der Waals surface area contributed by atoms with Crippen molar-refractivity contribution in [2.24, 2.45) is 17.6 Å². The van der Waals surface area contributed by atoms with E-state index in [1.807, 2.05) is 0 Å². The van der Waals surface area contributed by atoms with Gasteiger partial charge in [-0.15, -0.1) is 0 Å². The highest BCUT2D eigenvalue weighted by Crippen LogP contribution is 2.34. The molecule has 1 fully saturated rings. The minimum absolute atomic E-state index is 0.655. The second-order valence-electron chi connectivity index (χ2n) is 5.16. The topological polar surface area (TPSA) is 29.3 Å². The summed E-state index contributed by atoms with van der Waals surface area (Å²) in [4.78, 5) is 2.47. The first-order valence-electron chi connectivity index (χ1n) is 6.05. The first kappa shape index (κ1) is 12.0. The summed E-state index contributed by atoms with van der Waals surface area (Å²) in [5, 5.41) is 0. The van der Waals surface area contributed by atoms with E-state index in [2.05, 4.69) is 25.8 Å². The van der Waals surface area contributed by atoms with E-state index in [0.29, 0.717) is 6.04 Å². The van der Waals surface area contributed by atoms with Gasteiger partial charge in [0.1, 0.15) is 0 Å². The van der Waals surface area contributed by atoms with Gasteiger partial charge in [-0.1, -0.05) is 13.8 Å². The Kier molecular flexibility index (Phi) is 4.90. The van der Waals surface area contributed by atoms with Gasteiger partial charge < -0.3 is 10.6 Å². The van der Waals surface area contributed by atoms with Crippen LogP contribution in [0.25, 0.3) is 0 Å². The van der Waals surface area contributed by atoms with Crippen LogP contribution in [-0.2, 0) is 0 Å². The number of hydrogen-bond donors (Lipinski definition) is 1. The van der Waals surface area contributed by atoms with E-state index < -0.39 is 0 Å². The van der Waals surface area contributed by atoms with Crippen molar-refractivity contribution in [3.05, 3.63) is 0 Å². The average molecular weight is 198 g/mol. The maximum Gasteiger partial charge on any atom is 0.0243 e. The summed E-state index contributed by atoms with van der Waals surface area (Å²) < 4.78 is 0. The third kappa shape index (κ3) is 3.97. The van der Waals surface area contributed by atoms with Crippen LogP contribution in [0.4, 0.5) is 0 Å². The van der Waals surface area contributed by atoms with Crippen LogP contribution >= 0.6 is 0 Å². The highest BCUT2D eigenvalue weighted by Gasteiger charge is 2.32. The van der Waals surface area contributed by atoms with E-state index in [1.54, 1.807) is 0 Å². The summed E-state index contributed by atoms with van der Waals surface area (Å²) in [5.41, 5.74) is 5.80. The summed E-state index contributed by atoms with van der Waals surface area (Å²) in [5.74, 6) is 1.74. The third-order valence-electron chi connectivity index (χ3n) is 3.27. The molecule has 2 nitrogen and oxygen atoms in total. The Morgan fingerprint density at radius 1 is 1.36 bits per heavy atom. The van der Waals surface area contributed by atoms with Gasteiger partial charge in [-0.05, 0) is 51.1 Å². The Morgan fingerprint density at radius 3 is 2.43 bits per heavy atom. The molecule has 0 saturated heterocycles. The first-order valence-corrected chi connectivity index (χ1v) is 6.05. The fourth-order valence-corrected chi connectivity index (χ4v) is 2.13. The molecule has 2 N–H and O–H groups in total. The molecular weight excluding hydrogens is 172 g/mol. The van der Waals surface area contributed by atoms with Gasteiger partial charge in [-0.3, -0.25) is 0 Å². The van der Waals surface area contributed by atoms with Gasteiger partial charge in [0.15, 0.2) is 0 Å². The molecular formula is C12H26N2. The lowest BCUT2D eigenvalue weighted by Crippen LogP contribution is -2.40. The Hall–Kier alpha value is -0.0800. The maximum absolute atomic E-state index is 5.80. The van der Waals surface area contributed by atoms with E-state index in [-0.39, 0.29) is 0 Å². The summed E-state index contributed by atoms with van der Waals surface area (Å²) >= 11 is 0. The van der Waals surface area contributed by atoms with Gasteiger partial charge in [0.05, 0.1) is 0 Å². The fourth-order valence-electron chi connectivity index (χ4n) is 2.13. The van der Waals surface area contributed by atoms with Crippen molar-refractivity contribution >= 4 is 0 Å².